The Bertz CT molecular complexity index is 508. The summed E-state index contributed by atoms with van der Waals surface area (Å²) in [6.45, 7) is 0. The van der Waals surface area contributed by atoms with E-state index in [1.54, 1.807) is 25.6 Å². The molecule has 0 radical (unpaired) electrons. The second-order valence-electron chi connectivity index (χ2n) is 4.33. The predicted molar refractivity (Wildman–Crippen MR) is 77.3 cm³/mol. The zero-order valence-electron chi connectivity index (χ0n) is 11.1. The Morgan fingerprint density at radius 2 is 1.89 bits per heavy atom. The lowest BCUT2D eigenvalue weighted by molar-refractivity contribution is 0.176. The van der Waals surface area contributed by atoms with Crippen LogP contribution in [0.3, 0.4) is 0 Å². The Hall–Kier alpha value is -1.52. The second kappa shape index (κ2) is 6.59. The van der Waals surface area contributed by atoms with E-state index in [1.165, 1.54) is 4.88 Å². The number of ether oxygens (including phenoxy) is 2. The molecular weight excluding hydrogens is 260 g/mol. The van der Waals surface area contributed by atoms with Crippen molar-refractivity contribution in [1.29, 1.82) is 0 Å². The first-order valence-electron chi connectivity index (χ1n) is 6.14. The largest absolute Gasteiger partial charge is 0.493 e. The molecule has 0 saturated carbocycles. The van der Waals surface area contributed by atoms with Crippen LogP contribution in [0.1, 0.15) is 10.4 Å². The van der Waals surface area contributed by atoms with Gasteiger partial charge in [-0.2, -0.15) is 0 Å². The van der Waals surface area contributed by atoms with Gasteiger partial charge in [0.15, 0.2) is 11.5 Å². The molecule has 0 saturated heterocycles. The fourth-order valence-electron chi connectivity index (χ4n) is 2.01. The van der Waals surface area contributed by atoms with Crippen LogP contribution in [-0.2, 0) is 12.8 Å². The Balaban J connectivity index is 2.02. The van der Waals surface area contributed by atoms with Gasteiger partial charge in [-0.3, -0.25) is 0 Å². The molecule has 0 bridgehead atoms. The highest BCUT2D eigenvalue weighted by Gasteiger charge is 2.10. The molecule has 1 aromatic heterocycles. The van der Waals surface area contributed by atoms with Crippen LogP contribution in [0.25, 0.3) is 0 Å². The minimum atomic E-state index is -0.378. The molecule has 0 spiro atoms. The number of thiophene rings is 1. The molecule has 4 heteroatoms. The highest BCUT2D eigenvalue weighted by molar-refractivity contribution is 7.09. The normalized spacial score (nSPS) is 12.2. The third-order valence-corrected chi connectivity index (χ3v) is 3.83. The molecule has 19 heavy (non-hydrogen) atoms. The maximum absolute atomic E-state index is 10.1. The first kappa shape index (κ1) is 13.9. The highest BCUT2D eigenvalue weighted by Crippen LogP contribution is 2.28. The molecule has 1 aromatic carbocycles. The zero-order valence-corrected chi connectivity index (χ0v) is 11.9. The van der Waals surface area contributed by atoms with Crippen molar-refractivity contribution >= 4 is 11.3 Å². The molecule has 0 aliphatic heterocycles. The van der Waals surface area contributed by atoms with Gasteiger partial charge in [0.05, 0.1) is 20.3 Å². The quantitative estimate of drug-likeness (QED) is 0.883. The van der Waals surface area contributed by atoms with Crippen molar-refractivity contribution in [2.75, 3.05) is 14.2 Å². The monoisotopic (exact) mass is 278 g/mol. The molecule has 0 aliphatic carbocycles. The smallest absolute Gasteiger partial charge is 0.160 e. The van der Waals surface area contributed by atoms with Gasteiger partial charge in [0.2, 0.25) is 0 Å². The van der Waals surface area contributed by atoms with Crippen LogP contribution in [0.15, 0.2) is 35.7 Å². The molecule has 2 rings (SSSR count). The molecule has 3 nitrogen and oxygen atoms in total. The van der Waals surface area contributed by atoms with Gasteiger partial charge in [-0.15, -0.1) is 11.3 Å². The van der Waals surface area contributed by atoms with Gasteiger partial charge in [-0.25, -0.2) is 0 Å². The Morgan fingerprint density at radius 1 is 1.11 bits per heavy atom. The zero-order chi connectivity index (χ0) is 13.7. The van der Waals surface area contributed by atoms with Crippen LogP contribution in [0.4, 0.5) is 0 Å². The summed E-state index contributed by atoms with van der Waals surface area (Å²) in [7, 11) is 3.23. The SMILES string of the molecule is COc1ccc(CC(O)Cc2cccs2)cc1OC. The van der Waals surface area contributed by atoms with Gasteiger partial charge >= 0.3 is 0 Å². The van der Waals surface area contributed by atoms with Crippen molar-refractivity contribution in [2.45, 2.75) is 18.9 Å². The van der Waals surface area contributed by atoms with Crippen LogP contribution < -0.4 is 9.47 Å². The number of rotatable bonds is 6. The van der Waals surface area contributed by atoms with E-state index >= 15 is 0 Å². The minimum absolute atomic E-state index is 0.378. The van der Waals surface area contributed by atoms with Gasteiger partial charge in [0, 0.05) is 11.3 Å². The molecule has 1 N–H and O–H groups in total. The summed E-state index contributed by atoms with van der Waals surface area (Å²) in [6, 6.07) is 9.78. The van der Waals surface area contributed by atoms with Crippen molar-refractivity contribution in [3.05, 3.63) is 46.2 Å². The lowest BCUT2D eigenvalue weighted by atomic mass is 10.0. The summed E-state index contributed by atoms with van der Waals surface area (Å²) in [5, 5.41) is 12.1. The summed E-state index contributed by atoms with van der Waals surface area (Å²) in [6.07, 6.45) is 0.918. The van der Waals surface area contributed by atoms with E-state index in [9.17, 15) is 5.11 Å². The molecule has 1 atom stereocenters. The maximum atomic E-state index is 10.1. The number of hydrogen-bond donors (Lipinski definition) is 1. The van der Waals surface area contributed by atoms with E-state index in [4.69, 9.17) is 9.47 Å². The summed E-state index contributed by atoms with van der Waals surface area (Å²) in [5.41, 5.74) is 1.04. The van der Waals surface area contributed by atoms with Gasteiger partial charge in [-0.05, 0) is 35.6 Å². The van der Waals surface area contributed by atoms with Gasteiger partial charge in [0.1, 0.15) is 0 Å². The number of aliphatic hydroxyl groups excluding tert-OH is 1. The summed E-state index contributed by atoms with van der Waals surface area (Å²) < 4.78 is 10.5. The fraction of sp³-hybridized carbons (Fsp3) is 0.333. The molecule has 1 unspecified atom stereocenters. The van der Waals surface area contributed by atoms with E-state index in [-0.39, 0.29) is 6.10 Å². The molecule has 102 valence electrons. The number of benzene rings is 1. The molecule has 0 aliphatic rings. The highest BCUT2D eigenvalue weighted by atomic mass is 32.1. The second-order valence-corrected chi connectivity index (χ2v) is 5.36. The van der Waals surface area contributed by atoms with Crippen molar-refractivity contribution in [2.24, 2.45) is 0 Å². The van der Waals surface area contributed by atoms with E-state index in [2.05, 4.69) is 0 Å². The van der Waals surface area contributed by atoms with Crippen LogP contribution in [-0.4, -0.2) is 25.4 Å². The van der Waals surface area contributed by atoms with Crippen molar-refractivity contribution in [3.8, 4) is 11.5 Å². The van der Waals surface area contributed by atoms with Gasteiger partial charge < -0.3 is 14.6 Å². The average molecular weight is 278 g/mol. The van der Waals surface area contributed by atoms with Crippen molar-refractivity contribution in [1.82, 2.24) is 0 Å². The van der Waals surface area contributed by atoms with E-state index in [0.29, 0.717) is 24.3 Å². The molecule has 0 amide bonds. The lowest BCUT2D eigenvalue weighted by Crippen LogP contribution is -2.13. The molecule has 0 fully saturated rings. The van der Waals surface area contributed by atoms with Crippen LogP contribution in [0.5, 0.6) is 11.5 Å². The van der Waals surface area contributed by atoms with Crippen LogP contribution in [0.2, 0.25) is 0 Å². The van der Waals surface area contributed by atoms with Crippen LogP contribution in [0, 0.1) is 0 Å². The van der Waals surface area contributed by atoms with E-state index in [1.807, 2.05) is 35.7 Å². The predicted octanol–water partition coefficient (Wildman–Crippen LogP) is 2.91. The van der Waals surface area contributed by atoms with Gasteiger partial charge in [-0.1, -0.05) is 12.1 Å². The van der Waals surface area contributed by atoms with E-state index in [0.717, 1.165) is 5.56 Å². The average Bonchev–Trinajstić information content (AvgIpc) is 2.91. The van der Waals surface area contributed by atoms with Crippen molar-refractivity contribution in [3.63, 3.8) is 0 Å². The minimum Gasteiger partial charge on any atom is -0.493 e. The standard InChI is InChI=1S/C15H18O3S/c1-17-14-6-5-11(9-15(14)18-2)8-12(16)10-13-4-3-7-19-13/h3-7,9,12,16H,8,10H2,1-2H3. The number of methoxy groups -OCH3 is 2. The summed E-state index contributed by atoms with van der Waals surface area (Å²) >= 11 is 1.67. The number of aliphatic hydroxyl groups is 1. The lowest BCUT2D eigenvalue weighted by Gasteiger charge is -2.12. The van der Waals surface area contributed by atoms with Gasteiger partial charge in [0.25, 0.3) is 0 Å². The summed E-state index contributed by atoms with van der Waals surface area (Å²) in [5.74, 6) is 1.40. The topological polar surface area (TPSA) is 38.7 Å². The van der Waals surface area contributed by atoms with Crippen LogP contribution >= 0.6 is 11.3 Å². The third-order valence-electron chi connectivity index (χ3n) is 2.94. The van der Waals surface area contributed by atoms with E-state index < -0.39 is 0 Å². The Kier molecular flexibility index (Phi) is 4.82. The third kappa shape index (κ3) is 3.72. The molecule has 2 aromatic rings. The summed E-state index contributed by atoms with van der Waals surface area (Å²) in [4.78, 5) is 1.20. The fourth-order valence-corrected chi connectivity index (χ4v) is 2.79. The maximum Gasteiger partial charge on any atom is 0.160 e. The Labute approximate surface area is 117 Å². The molecule has 1 heterocycles. The van der Waals surface area contributed by atoms with Crippen molar-refractivity contribution < 1.29 is 14.6 Å². The molecular formula is C15H18O3S. The first-order valence-corrected chi connectivity index (χ1v) is 7.02. The number of hydrogen-bond acceptors (Lipinski definition) is 4. The Morgan fingerprint density at radius 3 is 2.53 bits per heavy atom. The first-order chi connectivity index (χ1) is 9.22.